The molecule has 2 aromatic carbocycles. The first-order valence-electron chi connectivity index (χ1n) is 10.3. The van der Waals surface area contributed by atoms with E-state index in [0.717, 1.165) is 41.8 Å². The fourth-order valence-electron chi connectivity index (χ4n) is 3.10. The van der Waals surface area contributed by atoms with Crippen LogP contribution in [0, 0.1) is 0 Å². The summed E-state index contributed by atoms with van der Waals surface area (Å²) >= 11 is 1.39. The van der Waals surface area contributed by atoms with Crippen molar-refractivity contribution in [2.45, 2.75) is 33.1 Å². The Morgan fingerprint density at radius 1 is 1.10 bits per heavy atom. The number of para-hydroxylation sites is 1. The van der Waals surface area contributed by atoms with Crippen LogP contribution in [0.5, 0.6) is 5.75 Å². The molecule has 3 aromatic rings. The normalized spacial score (nSPS) is 10.5. The molecule has 0 aliphatic heterocycles. The summed E-state index contributed by atoms with van der Waals surface area (Å²) in [5.74, 6) is 0.498. The maximum Gasteiger partial charge on any atom is 0.264 e. The number of benzene rings is 2. The fourth-order valence-corrected chi connectivity index (χ4v) is 3.83. The summed E-state index contributed by atoms with van der Waals surface area (Å²) in [6.45, 7) is 4.20. The van der Waals surface area contributed by atoms with Crippen molar-refractivity contribution in [1.82, 2.24) is 10.3 Å². The van der Waals surface area contributed by atoms with Crippen molar-refractivity contribution < 1.29 is 14.3 Å². The van der Waals surface area contributed by atoms with E-state index in [2.05, 4.69) is 34.7 Å². The van der Waals surface area contributed by atoms with Gasteiger partial charge < -0.3 is 10.1 Å². The maximum absolute atomic E-state index is 12.2. The zero-order chi connectivity index (χ0) is 22.1. The van der Waals surface area contributed by atoms with Gasteiger partial charge in [0.1, 0.15) is 5.75 Å². The minimum atomic E-state index is -0.235. The Balaban J connectivity index is 1.50. The number of carbonyl (C=O) groups is 2. The van der Waals surface area contributed by atoms with E-state index in [0.29, 0.717) is 11.7 Å². The van der Waals surface area contributed by atoms with Crippen molar-refractivity contribution in [3.8, 4) is 17.0 Å². The number of hydrogen-bond donors (Lipinski definition) is 2. The summed E-state index contributed by atoms with van der Waals surface area (Å²) in [7, 11) is 0. The monoisotopic (exact) mass is 437 g/mol. The number of hydrogen-bond acceptors (Lipinski definition) is 5. The lowest BCUT2D eigenvalue weighted by Crippen LogP contribution is -2.21. The predicted octanol–water partition coefficient (Wildman–Crippen LogP) is 4.46. The molecule has 0 radical (unpaired) electrons. The molecule has 1 aromatic heterocycles. The lowest BCUT2D eigenvalue weighted by Gasteiger charge is -2.09. The molecule has 0 atom stereocenters. The summed E-state index contributed by atoms with van der Waals surface area (Å²) < 4.78 is 5.66. The van der Waals surface area contributed by atoms with Gasteiger partial charge in [0, 0.05) is 24.4 Å². The summed E-state index contributed by atoms with van der Waals surface area (Å²) in [6, 6.07) is 15.9. The molecule has 0 spiro atoms. The van der Waals surface area contributed by atoms with Crippen LogP contribution in [0.1, 0.15) is 31.4 Å². The number of nitrogens with one attached hydrogen (secondary N) is 2. The zero-order valence-electron chi connectivity index (χ0n) is 17.8. The first-order chi connectivity index (χ1) is 15.0. The Hall–Kier alpha value is -3.19. The van der Waals surface area contributed by atoms with Crippen LogP contribution in [0.25, 0.3) is 11.3 Å². The van der Waals surface area contributed by atoms with E-state index >= 15 is 0 Å². The van der Waals surface area contributed by atoms with Crippen LogP contribution >= 0.6 is 11.3 Å². The van der Waals surface area contributed by atoms with Crippen LogP contribution < -0.4 is 15.4 Å². The van der Waals surface area contributed by atoms with Gasteiger partial charge in [-0.15, -0.1) is 11.3 Å². The van der Waals surface area contributed by atoms with Crippen molar-refractivity contribution in [3.63, 3.8) is 0 Å². The van der Waals surface area contributed by atoms with Gasteiger partial charge in [0.2, 0.25) is 5.91 Å². The van der Waals surface area contributed by atoms with Crippen LogP contribution in [0.4, 0.5) is 5.13 Å². The highest BCUT2D eigenvalue weighted by atomic mass is 32.1. The molecular formula is C24H27N3O3S. The number of ether oxygens (including phenoxy) is 1. The predicted molar refractivity (Wildman–Crippen MR) is 124 cm³/mol. The summed E-state index contributed by atoms with van der Waals surface area (Å²) in [6.07, 6.45) is 2.65. The zero-order valence-corrected chi connectivity index (χ0v) is 18.6. The second-order valence-electron chi connectivity index (χ2n) is 7.12. The van der Waals surface area contributed by atoms with Crippen molar-refractivity contribution in [1.29, 1.82) is 0 Å². The average molecular weight is 438 g/mol. The molecule has 162 valence electrons. The number of thiazole rings is 1. The summed E-state index contributed by atoms with van der Waals surface area (Å²) in [4.78, 5) is 27.7. The molecule has 6 nitrogen and oxygen atoms in total. The SMILES string of the molecule is CCc1ccccc1OCC(=O)Nc1nc(-c2ccc(CCCNC(C)=O)cc2)cs1. The van der Waals surface area contributed by atoms with Crippen LogP contribution in [0.2, 0.25) is 0 Å². The molecule has 0 fully saturated rings. The van der Waals surface area contributed by atoms with Gasteiger partial charge in [0.25, 0.3) is 5.91 Å². The van der Waals surface area contributed by atoms with Gasteiger partial charge in [-0.3, -0.25) is 14.9 Å². The van der Waals surface area contributed by atoms with Gasteiger partial charge in [-0.25, -0.2) is 4.98 Å². The van der Waals surface area contributed by atoms with Gasteiger partial charge in [0.05, 0.1) is 5.69 Å². The van der Waals surface area contributed by atoms with E-state index in [-0.39, 0.29) is 18.4 Å². The topological polar surface area (TPSA) is 80.3 Å². The molecule has 0 aliphatic carbocycles. The molecule has 1 heterocycles. The van der Waals surface area contributed by atoms with Crippen molar-refractivity contribution in [2.24, 2.45) is 0 Å². The average Bonchev–Trinajstić information content (AvgIpc) is 3.24. The Labute approximate surface area is 186 Å². The number of anilines is 1. The lowest BCUT2D eigenvalue weighted by molar-refractivity contribution is -0.119. The van der Waals surface area contributed by atoms with E-state index in [9.17, 15) is 9.59 Å². The quantitative estimate of drug-likeness (QED) is 0.459. The summed E-state index contributed by atoms with van der Waals surface area (Å²) in [5.41, 5.74) is 4.10. The minimum Gasteiger partial charge on any atom is -0.483 e. The third-order valence-electron chi connectivity index (χ3n) is 4.73. The largest absolute Gasteiger partial charge is 0.483 e. The van der Waals surface area contributed by atoms with Gasteiger partial charge in [-0.1, -0.05) is 49.4 Å². The summed E-state index contributed by atoms with van der Waals surface area (Å²) in [5, 5.41) is 8.08. The van der Waals surface area contributed by atoms with Crippen molar-refractivity contribution in [3.05, 3.63) is 65.0 Å². The number of rotatable bonds is 10. The van der Waals surface area contributed by atoms with E-state index in [4.69, 9.17) is 4.74 Å². The molecule has 31 heavy (non-hydrogen) atoms. The van der Waals surface area contributed by atoms with E-state index in [1.807, 2.05) is 41.8 Å². The first-order valence-corrected chi connectivity index (χ1v) is 11.2. The van der Waals surface area contributed by atoms with Crippen LogP contribution in [0.3, 0.4) is 0 Å². The Bertz CT molecular complexity index is 1010. The molecule has 7 heteroatoms. The first kappa shape index (κ1) is 22.5. The van der Waals surface area contributed by atoms with E-state index < -0.39 is 0 Å². The second-order valence-corrected chi connectivity index (χ2v) is 7.98. The maximum atomic E-state index is 12.2. The number of carbonyl (C=O) groups excluding carboxylic acids is 2. The highest BCUT2D eigenvalue weighted by Gasteiger charge is 2.10. The highest BCUT2D eigenvalue weighted by Crippen LogP contribution is 2.25. The third kappa shape index (κ3) is 6.93. The van der Waals surface area contributed by atoms with Crippen LogP contribution in [-0.2, 0) is 22.4 Å². The molecule has 0 saturated carbocycles. The highest BCUT2D eigenvalue weighted by molar-refractivity contribution is 7.14. The van der Waals surface area contributed by atoms with E-state index in [1.54, 1.807) is 0 Å². The molecule has 0 saturated heterocycles. The Kier molecular flexibility index (Phi) is 8.18. The van der Waals surface area contributed by atoms with Crippen LogP contribution in [-0.4, -0.2) is 29.9 Å². The standard InChI is InChI=1S/C24H27N3O3S/c1-3-19-8-4-5-9-22(19)30-15-23(29)27-24-26-21(16-31-24)20-12-10-18(11-13-20)7-6-14-25-17(2)28/h4-5,8-13,16H,3,6-7,14-15H2,1-2H3,(H,25,28)(H,26,27,29). The molecular weight excluding hydrogens is 410 g/mol. The second kappa shape index (κ2) is 11.3. The fraction of sp³-hybridized carbons (Fsp3) is 0.292. The van der Waals surface area contributed by atoms with Crippen molar-refractivity contribution in [2.75, 3.05) is 18.5 Å². The third-order valence-corrected chi connectivity index (χ3v) is 5.49. The van der Waals surface area contributed by atoms with Gasteiger partial charge in [0.15, 0.2) is 11.7 Å². The van der Waals surface area contributed by atoms with Gasteiger partial charge >= 0.3 is 0 Å². The smallest absolute Gasteiger partial charge is 0.264 e. The van der Waals surface area contributed by atoms with Crippen LogP contribution in [0.15, 0.2) is 53.9 Å². The molecule has 0 unspecified atom stereocenters. The van der Waals surface area contributed by atoms with Gasteiger partial charge in [-0.2, -0.15) is 0 Å². The molecule has 0 bridgehead atoms. The lowest BCUT2D eigenvalue weighted by atomic mass is 10.1. The van der Waals surface area contributed by atoms with E-state index in [1.165, 1.54) is 23.8 Å². The Morgan fingerprint density at radius 3 is 2.61 bits per heavy atom. The minimum absolute atomic E-state index is 0.000821. The molecule has 2 amide bonds. The number of amides is 2. The molecule has 2 N–H and O–H groups in total. The van der Waals surface area contributed by atoms with Gasteiger partial charge in [-0.05, 0) is 36.5 Å². The number of aromatic nitrogens is 1. The number of nitrogens with zero attached hydrogens (tertiary/aromatic N) is 1. The molecule has 3 rings (SSSR count). The number of aryl methyl sites for hydroxylation is 2. The Morgan fingerprint density at radius 2 is 1.87 bits per heavy atom. The molecule has 0 aliphatic rings. The van der Waals surface area contributed by atoms with Crippen molar-refractivity contribution >= 4 is 28.3 Å².